The van der Waals surface area contributed by atoms with Gasteiger partial charge in [0.2, 0.25) is 5.91 Å². The third kappa shape index (κ3) is 4.67. The van der Waals surface area contributed by atoms with Gasteiger partial charge in [-0.25, -0.2) is 0 Å². The van der Waals surface area contributed by atoms with Crippen LogP contribution in [0.4, 0.5) is 0 Å². The van der Waals surface area contributed by atoms with Gasteiger partial charge in [-0.2, -0.15) is 0 Å². The molecule has 1 aliphatic heterocycles. The minimum atomic E-state index is -0.202. The Morgan fingerprint density at radius 2 is 1.81 bits per heavy atom. The Morgan fingerprint density at radius 3 is 2.52 bits per heavy atom. The fraction of sp³-hybridized carbons (Fsp3) is 0.435. The third-order valence-corrected chi connectivity index (χ3v) is 6.73. The molecule has 144 valence electrons. The predicted octanol–water partition coefficient (Wildman–Crippen LogP) is 5.51. The van der Waals surface area contributed by atoms with Crippen molar-refractivity contribution in [1.29, 1.82) is 0 Å². The minimum Gasteiger partial charge on any atom is -0.487 e. The van der Waals surface area contributed by atoms with E-state index in [2.05, 4.69) is 37.4 Å². The molecule has 0 radical (unpaired) electrons. The van der Waals surface area contributed by atoms with E-state index in [-0.39, 0.29) is 22.8 Å². The van der Waals surface area contributed by atoms with Crippen LogP contribution in [-0.4, -0.2) is 16.8 Å². The van der Waals surface area contributed by atoms with Gasteiger partial charge in [0.15, 0.2) is 0 Å². The molecule has 4 heteroatoms. The van der Waals surface area contributed by atoms with Crippen molar-refractivity contribution in [2.24, 2.45) is 0 Å². The maximum Gasteiger partial charge on any atom is 0.233 e. The Balaban J connectivity index is 1.68. The fourth-order valence-corrected chi connectivity index (χ4v) is 4.44. The molecule has 3 nitrogen and oxygen atoms in total. The van der Waals surface area contributed by atoms with Crippen LogP contribution in [0, 0.1) is 0 Å². The van der Waals surface area contributed by atoms with Crippen LogP contribution in [0.25, 0.3) is 0 Å². The van der Waals surface area contributed by atoms with Crippen LogP contribution in [0.15, 0.2) is 54.6 Å². The van der Waals surface area contributed by atoms with E-state index in [0.717, 1.165) is 36.3 Å². The van der Waals surface area contributed by atoms with Gasteiger partial charge in [0, 0.05) is 17.7 Å². The molecule has 0 aromatic heterocycles. The van der Waals surface area contributed by atoms with Crippen LogP contribution in [0.2, 0.25) is 0 Å². The Kier molecular flexibility index (Phi) is 6.48. The number of carbonyl (C=O) groups excluding carboxylic acids is 1. The average molecular weight is 384 g/mol. The highest BCUT2D eigenvalue weighted by atomic mass is 32.2. The third-order valence-electron chi connectivity index (χ3n) is 5.51. The molecule has 0 unspecified atom stereocenters. The first kappa shape index (κ1) is 19.8. The van der Waals surface area contributed by atoms with Gasteiger partial charge in [-0.15, -0.1) is 11.8 Å². The van der Waals surface area contributed by atoms with Gasteiger partial charge in [0.1, 0.15) is 11.4 Å². The molecule has 0 bridgehead atoms. The lowest BCUT2D eigenvalue weighted by molar-refractivity contribution is -0.121. The number of nitrogens with one attached hydrogen (secondary N) is 1. The molecule has 0 saturated carbocycles. The molecule has 2 aromatic rings. The molecule has 0 saturated heterocycles. The van der Waals surface area contributed by atoms with Crippen molar-refractivity contribution in [1.82, 2.24) is 5.32 Å². The second-order valence-corrected chi connectivity index (χ2v) is 8.56. The summed E-state index contributed by atoms with van der Waals surface area (Å²) in [5.74, 6) is 1.84. The highest BCUT2D eigenvalue weighted by Crippen LogP contribution is 2.42. The Bertz CT molecular complexity index is 758. The topological polar surface area (TPSA) is 38.3 Å². The van der Waals surface area contributed by atoms with Crippen LogP contribution in [0.1, 0.15) is 57.2 Å². The zero-order chi connectivity index (χ0) is 19.3. The number of ether oxygens (including phenoxy) is 1. The Morgan fingerprint density at radius 1 is 1.15 bits per heavy atom. The van der Waals surface area contributed by atoms with Crippen LogP contribution < -0.4 is 10.1 Å². The zero-order valence-corrected chi connectivity index (χ0v) is 17.2. The molecule has 0 fully saturated rings. The molecule has 1 N–H and O–H groups in total. The molecule has 2 atom stereocenters. The zero-order valence-electron chi connectivity index (χ0n) is 16.4. The number of para-hydroxylation sites is 1. The van der Waals surface area contributed by atoms with Crippen molar-refractivity contribution in [2.75, 3.05) is 0 Å². The van der Waals surface area contributed by atoms with Crippen molar-refractivity contribution >= 4 is 17.7 Å². The van der Waals surface area contributed by atoms with Gasteiger partial charge in [-0.3, -0.25) is 4.79 Å². The molecular weight excluding hydrogens is 354 g/mol. The number of hydrogen-bond donors (Lipinski definition) is 1. The standard InChI is InChI=1S/C23H29NO2S/c1-4-23(5-2)15-20(19-13-9-10-14-21(19)26-23)24-22(25)17(3)27-16-18-11-7-6-8-12-18/h6-14,17,20H,4-5,15-16H2,1-3H3,(H,24,25)/t17-,20-/m1/s1. The quantitative estimate of drug-likeness (QED) is 0.685. The monoisotopic (exact) mass is 383 g/mol. The second kappa shape index (κ2) is 8.83. The summed E-state index contributed by atoms with van der Waals surface area (Å²) < 4.78 is 6.34. The van der Waals surface area contributed by atoms with Crippen molar-refractivity contribution < 1.29 is 9.53 Å². The highest BCUT2D eigenvalue weighted by molar-refractivity contribution is 7.99. The lowest BCUT2D eigenvalue weighted by Crippen LogP contribution is -2.45. The summed E-state index contributed by atoms with van der Waals surface area (Å²) in [5.41, 5.74) is 2.13. The summed E-state index contributed by atoms with van der Waals surface area (Å²) in [6.07, 6.45) is 2.68. The molecule has 1 heterocycles. The molecular formula is C23H29NO2S. The van der Waals surface area contributed by atoms with Crippen molar-refractivity contribution in [3.8, 4) is 5.75 Å². The molecule has 0 spiro atoms. The number of fused-ring (bicyclic) bond motifs is 1. The fourth-order valence-electron chi connectivity index (χ4n) is 3.59. The van der Waals surface area contributed by atoms with E-state index in [0.29, 0.717) is 0 Å². The van der Waals surface area contributed by atoms with Crippen LogP contribution in [0.3, 0.4) is 0 Å². The number of benzene rings is 2. The minimum absolute atomic E-state index is 0.00197. The average Bonchev–Trinajstić information content (AvgIpc) is 2.72. The largest absolute Gasteiger partial charge is 0.487 e. The van der Waals surface area contributed by atoms with Gasteiger partial charge in [0.05, 0.1) is 11.3 Å². The Hall–Kier alpha value is -1.94. The van der Waals surface area contributed by atoms with Crippen molar-refractivity contribution in [3.05, 3.63) is 65.7 Å². The molecule has 1 aliphatic rings. The van der Waals surface area contributed by atoms with Gasteiger partial charge in [0.25, 0.3) is 0 Å². The molecule has 0 aliphatic carbocycles. The Labute approximate surface area is 166 Å². The number of carbonyl (C=O) groups is 1. The number of hydrogen-bond acceptors (Lipinski definition) is 3. The first-order chi connectivity index (χ1) is 13.1. The van der Waals surface area contributed by atoms with E-state index in [1.54, 1.807) is 11.8 Å². The normalized spacial score (nSPS) is 18.9. The van der Waals surface area contributed by atoms with E-state index in [4.69, 9.17) is 4.74 Å². The van der Waals surface area contributed by atoms with Crippen LogP contribution >= 0.6 is 11.8 Å². The number of thioether (sulfide) groups is 1. The van der Waals surface area contributed by atoms with Gasteiger partial charge >= 0.3 is 0 Å². The van der Waals surface area contributed by atoms with Crippen LogP contribution in [0.5, 0.6) is 5.75 Å². The van der Waals surface area contributed by atoms with E-state index < -0.39 is 0 Å². The molecule has 27 heavy (non-hydrogen) atoms. The summed E-state index contributed by atoms with van der Waals surface area (Å²) in [4.78, 5) is 12.9. The number of rotatable bonds is 7. The van der Waals surface area contributed by atoms with Crippen LogP contribution in [-0.2, 0) is 10.5 Å². The lowest BCUT2D eigenvalue weighted by Gasteiger charge is -2.42. The maximum absolute atomic E-state index is 12.9. The summed E-state index contributed by atoms with van der Waals surface area (Å²) in [5, 5.41) is 3.20. The van der Waals surface area contributed by atoms with Crippen molar-refractivity contribution in [2.45, 2.75) is 62.7 Å². The summed E-state index contributed by atoms with van der Waals surface area (Å²) in [7, 11) is 0. The SMILES string of the molecule is CCC1(CC)C[C@@H](NC(=O)[C@@H](C)SCc2ccccc2)c2ccccc2O1. The van der Waals surface area contributed by atoms with E-state index in [1.165, 1.54) is 5.56 Å². The van der Waals surface area contributed by atoms with E-state index in [9.17, 15) is 4.79 Å². The predicted molar refractivity (Wildman–Crippen MR) is 113 cm³/mol. The van der Waals surface area contributed by atoms with Gasteiger partial charge in [-0.1, -0.05) is 62.4 Å². The van der Waals surface area contributed by atoms with E-state index in [1.807, 2.05) is 43.3 Å². The number of amides is 1. The first-order valence-corrected chi connectivity index (χ1v) is 10.9. The van der Waals surface area contributed by atoms with Gasteiger partial charge < -0.3 is 10.1 Å². The first-order valence-electron chi connectivity index (χ1n) is 9.80. The highest BCUT2D eigenvalue weighted by Gasteiger charge is 2.39. The summed E-state index contributed by atoms with van der Waals surface area (Å²) >= 11 is 1.68. The smallest absolute Gasteiger partial charge is 0.233 e. The summed E-state index contributed by atoms with van der Waals surface area (Å²) in [6, 6.07) is 18.4. The summed E-state index contributed by atoms with van der Waals surface area (Å²) in [6.45, 7) is 6.31. The second-order valence-electron chi connectivity index (χ2n) is 7.23. The maximum atomic E-state index is 12.9. The molecule has 1 amide bonds. The van der Waals surface area contributed by atoms with Crippen molar-refractivity contribution in [3.63, 3.8) is 0 Å². The van der Waals surface area contributed by atoms with Gasteiger partial charge in [-0.05, 0) is 31.4 Å². The molecule has 2 aromatic carbocycles. The molecule has 3 rings (SSSR count). The lowest BCUT2D eigenvalue weighted by atomic mass is 9.83. The van der Waals surface area contributed by atoms with E-state index >= 15 is 0 Å².